The van der Waals surface area contributed by atoms with Gasteiger partial charge in [0.1, 0.15) is 17.0 Å². The first-order valence-electron chi connectivity index (χ1n) is 8.79. The molecule has 2 aromatic rings. The van der Waals surface area contributed by atoms with Gasteiger partial charge in [0.25, 0.3) is 0 Å². The molecule has 7 nitrogen and oxygen atoms in total. The summed E-state index contributed by atoms with van der Waals surface area (Å²) in [7, 11) is 0. The van der Waals surface area contributed by atoms with Crippen LogP contribution in [-0.4, -0.2) is 66.2 Å². The first kappa shape index (κ1) is 16.7. The van der Waals surface area contributed by atoms with Gasteiger partial charge in [0.15, 0.2) is 0 Å². The van der Waals surface area contributed by atoms with E-state index >= 15 is 0 Å². The third-order valence-electron chi connectivity index (χ3n) is 5.19. The van der Waals surface area contributed by atoms with Gasteiger partial charge in [0.2, 0.25) is 5.91 Å². The summed E-state index contributed by atoms with van der Waals surface area (Å²) in [4.78, 5) is 26.6. The molecule has 134 valence electrons. The number of carbonyl (C=O) groups excluding carboxylic acids is 1. The highest BCUT2D eigenvalue weighted by atomic mass is 32.1. The third-order valence-corrected chi connectivity index (χ3v) is 6.01. The fraction of sp³-hybridized carbons (Fsp3) is 0.588. The molecule has 2 saturated heterocycles. The fourth-order valence-electron chi connectivity index (χ4n) is 3.65. The maximum Gasteiger partial charge on any atom is 0.239 e. The molecule has 0 radical (unpaired) electrons. The number of ether oxygens (including phenoxy) is 1. The molecule has 1 atom stereocenters. The molecule has 2 aliphatic heterocycles. The van der Waals surface area contributed by atoms with Crippen molar-refractivity contribution in [3.63, 3.8) is 0 Å². The Hall–Kier alpha value is -1.77. The van der Waals surface area contributed by atoms with Gasteiger partial charge in [-0.05, 0) is 30.2 Å². The SMILES string of the molecule is NC(C(=O)N1CCN(c2ncnc3sccc23)CC1)C1CCOCC1. The van der Waals surface area contributed by atoms with Crippen molar-refractivity contribution in [1.82, 2.24) is 14.9 Å². The lowest BCUT2D eigenvalue weighted by Crippen LogP contribution is -2.55. The first-order chi connectivity index (χ1) is 12.2. The average Bonchev–Trinajstić information content (AvgIpc) is 3.16. The molecule has 0 bridgehead atoms. The maximum absolute atomic E-state index is 12.7. The van der Waals surface area contributed by atoms with Gasteiger partial charge in [-0.1, -0.05) is 0 Å². The van der Waals surface area contributed by atoms with Crippen LogP contribution >= 0.6 is 11.3 Å². The van der Waals surface area contributed by atoms with Crippen LogP contribution in [0.4, 0.5) is 5.82 Å². The number of rotatable bonds is 3. The standard InChI is InChI=1S/C17H23N5O2S/c18-14(12-1-8-24-9-2-12)17(23)22-6-4-21(5-7-22)15-13-3-10-25-16(13)20-11-19-15/h3,10-12,14H,1-2,4-9,18H2. The zero-order valence-corrected chi connectivity index (χ0v) is 15.0. The molecule has 4 rings (SSSR count). The van der Waals surface area contributed by atoms with Crippen molar-refractivity contribution in [1.29, 1.82) is 0 Å². The minimum atomic E-state index is -0.405. The van der Waals surface area contributed by atoms with Crippen molar-refractivity contribution in [2.24, 2.45) is 11.7 Å². The number of aromatic nitrogens is 2. The van der Waals surface area contributed by atoms with E-state index in [-0.39, 0.29) is 11.8 Å². The van der Waals surface area contributed by atoms with Crippen LogP contribution in [0, 0.1) is 5.92 Å². The van der Waals surface area contributed by atoms with E-state index in [4.69, 9.17) is 10.5 Å². The van der Waals surface area contributed by atoms with E-state index in [1.807, 2.05) is 10.3 Å². The van der Waals surface area contributed by atoms with Crippen LogP contribution in [0.5, 0.6) is 0 Å². The smallest absolute Gasteiger partial charge is 0.239 e. The van der Waals surface area contributed by atoms with Crippen molar-refractivity contribution in [2.75, 3.05) is 44.3 Å². The summed E-state index contributed by atoms with van der Waals surface area (Å²) in [5, 5.41) is 3.13. The number of anilines is 1. The Labute approximate surface area is 150 Å². The maximum atomic E-state index is 12.7. The van der Waals surface area contributed by atoms with Crippen LogP contribution < -0.4 is 10.6 Å². The lowest BCUT2D eigenvalue weighted by Gasteiger charge is -2.38. The van der Waals surface area contributed by atoms with Crippen LogP contribution in [0.3, 0.4) is 0 Å². The molecule has 1 unspecified atom stereocenters. The molecule has 2 N–H and O–H groups in total. The van der Waals surface area contributed by atoms with E-state index in [0.717, 1.165) is 42.0 Å². The Kier molecular flexibility index (Phi) is 4.82. The zero-order chi connectivity index (χ0) is 17.2. The highest BCUT2D eigenvalue weighted by molar-refractivity contribution is 7.16. The van der Waals surface area contributed by atoms with E-state index in [9.17, 15) is 4.79 Å². The molecule has 0 aromatic carbocycles. The van der Waals surface area contributed by atoms with E-state index < -0.39 is 6.04 Å². The highest BCUT2D eigenvalue weighted by Crippen LogP contribution is 2.27. The number of piperazine rings is 1. The summed E-state index contributed by atoms with van der Waals surface area (Å²) in [5.41, 5.74) is 6.25. The summed E-state index contributed by atoms with van der Waals surface area (Å²) in [5.74, 6) is 1.29. The van der Waals surface area contributed by atoms with Gasteiger partial charge in [-0.15, -0.1) is 11.3 Å². The Morgan fingerprint density at radius 1 is 1.24 bits per heavy atom. The van der Waals surface area contributed by atoms with Gasteiger partial charge in [0, 0.05) is 39.4 Å². The second-order valence-corrected chi connectivity index (χ2v) is 7.52. The van der Waals surface area contributed by atoms with Gasteiger partial charge in [-0.25, -0.2) is 9.97 Å². The molecule has 0 spiro atoms. The summed E-state index contributed by atoms with van der Waals surface area (Å²) in [6.45, 7) is 4.34. The summed E-state index contributed by atoms with van der Waals surface area (Å²) in [6, 6.07) is 1.66. The Bertz CT molecular complexity index is 737. The fourth-order valence-corrected chi connectivity index (χ4v) is 4.38. The van der Waals surface area contributed by atoms with E-state index in [1.165, 1.54) is 0 Å². The second kappa shape index (κ2) is 7.23. The molecular weight excluding hydrogens is 338 g/mol. The van der Waals surface area contributed by atoms with E-state index in [0.29, 0.717) is 26.3 Å². The molecule has 25 heavy (non-hydrogen) atoms. The molecule has 0 saturated carbocycles. The van der Waals surface area contributed by atoms with E-state index in [2.05, 4.69) is 20.9 Å². The van der Waals surface area contributed by atoms with Gasteiger partial charge in [-0.3, -0.25) is 4.79 Å². The molecule has 4 heterocycles. The van der Waals surface area contributed by atoms with Crippen LogP contribution in [-0.2, 0) is 9.53 Å². The van der Waals surface area contributed by atoms with Gasteiger partial charge in [-0.2, -0.15) is 0 Å². The van der Waals surface area contributed by atoms with Crippen molar-refractivity contribution in [3.8, 4) is 0 Å². The van der Waals surface area contributed by atoms with Crippen LogP contribution in [0.15, 0.2) is 17.8 Å². The number of nitrogens with two attached hydrogens (primary N) is 1. The molecular formula is C17H23N5O2S. The lowest BCUT2D eigenvalue weighted by atomic mass is 9.91. The highest BCUT2D eigenvalue weighted by Gasteiger charge is 2.32. The molecule has 0 aliphatic carbocycles. The quantitative estimate of drug-likeness (QED) is 0.881. The van der Waals surface area contributed by atoms with Gasteiger partial charge in [0.05, 0.1) is 11.4 Å². The number of hydrogen-bond acceptors (Lipinski definition) is 7. The number of amides is 1. The number of hydrogen-bond donors (Lipinski definition) is 1. The van der Waals surface area contributed by atoms with Crippen molar-refractivity contribution < 1.29 is 9.53 Å². The summed E-state index contributed by atoms with van der Waals surface area (Å²) < 4.78 is 5.37. The molecule has 2 aromatic heterocycles. The Morgan fingerprint density at radius 3 is 2.76 bits per heavy atom. The number of thiophene rings is 1. The predicted molar refractivity (Wildman–Crippen MR) is 97.7 cm³/mol. The molecule has 2 aliphatic rings. The molecule has 8 heteroatoms. The minimum Gasteiger partial charge on any atom is -0.381 e. The van der Waals surface area contributed by atoms with E-state index in [1.54, 1.807) is 17.7 Å². The van der Waals surface area contributed by atoms with Crippen LogP contribution in [0.2, 0.25) is 0 Å². The number of nitrogens with zero attached hydrogens (tertiary/aromatic N) is 4. The molecule has 2 fully saturated rings. The Balaban J connectivity index is 1.39. The zero-order valence-electron chi connectivity index (χ0n) is 14.1. The van der Waals surface area contributed by atoms with Crippen molar-refractivity contribution >= 4 is 33.3 Å². The monoisotopic (exact) mass is 361 g/mol. The van der Waals surface area contributed by atoms with Crippen LogP contribution in [0.1, 0.15) is 12.8 Å². The topological polar surface area (TPSA) is 84.6 Å². The van der Waals surface area contributed by atoms with Crippen LogP contribution in [0.25, 0.3) is 10.2 Å². The van der Waals surface area contributed by atoms with Crippen molar-refractivity contribution in [2.45, 2.75) is 18.9 Å². The summed E-state index contributed by atoms with van der Waals surface area (Å²) >= 11 is 1.62. The second-order valence-electron chi connectivity index (χ2n) is 6.62. The number of fused-ring (bicyclic) bond motifs is 1. The Morgan fingerprint density at radius 2 is 2.00 bits per heavy atom. The molecule has 1 amide bonds. The minimum absolute atomic E-state index is 0.0786. The first-order valence-corrected chi connectivity index (χ1v) is 9.67. The predicted octanol–water partition coefficient (Wildman–Crippen LogP) is 1.09. The lowest BCUT2D eigenvalue weighted by molar-refractivity contribution is -0.135. The van der Waals surface area contributed by atoms with Gasteiger partial charge >= 0.3 is 0 Å². The van der Waals surface area contributed by atoms with Crippen molar-refractivity contribution in [3.05, 3.63) is 17.8 Å². The van der Waals surface area contributed by atoms with Gasteiger partial charge < -0.3 is 20.3 Å². The summed E-state index contributed by atoms with van der Waals surface area (Å²) in [6.07, 6.45) is 3.38. The third kappa shape index (κ3) is 3.33. The normalized spacial score (nSPS) is 20.8. The average molecular weight is 361 g/mol. The number of carbonyl (C=O) groups is 1. The largest absolute Gasteiger partial charge is 0.381 e.